The molecule has 0 saturated carbocycles. The Labute approximate surface area is 172 Å². The van der Waals surface area contributed by atoms with Gasteiger partial charge >= 0.3 is 0 Å². The summed E-state index contributed by atoms with van der Waals surface area (Å²) in [7, 11) is 1.54. The highest BCUT2D eigenvalue weighted by atomic mass is 19.1. The van der Waals surface area contributed by atoms with E-state index in [1.807, 2.05) is 18.2 Å². The lowest BCUT2D eigenvalue weighted by Crippen LogP contribution is -2.31. The molecule has 1 aliphatic heterocycles. The van der Waals surface area contributed by atoms with Crippen LogP contribution in [-0.4, -0.2) is 46.9 Å². The first-order valence-corrected chi connectivity index (χ1v) is 9.63. The van der Waals surface area contributed by atoms with Crippen LogP contribution in [0.1, 0.15) is 23.6 Å². The van der Waals surface area contributed by atoms with E-state index >= 15 is 0 Å². The summed E-state index contributed by atoms with van der Waals surface area (Å²) in [4.78, 5) is 30.1. The number of halogens is 1. The van der Waals surface area contributed by atoms with Gasteiger partial charge in [-0.05, 0) is 18.6 Å². The fourth-order valence-electron chi connectivity index (χ4n) is 3.92. The van der Waals surface area contributed by atoms with Crippen molar-refractivity contribution < 1.29 is 23.8 Å². The summed E-state index contributed by atoms with van der Waals surface area (Å²) in [5.41, 5.74) is 1.21. The number of rotatable bonds is 6. The second kappa shape index (κ2) is 8.12. The highest BCUT2D eigenvalue weighted by Crippen LogP contribution is 2.41. The number of ketones is 1. The number of hydrogen-bond donors (Lipinski definition) is 2. The third-order valence-corrected chi connectivity index (χ3v) is 5.33. The molecule has 1 atom stereocenters. The van der Waals surface area contributed by atoms with Crippen molar-refractivity contribution in [2.45, 2.75) is 12.5 Å². The zero-order valence-electron chi connectivity index (χ0n) is 16.4. The molecule has 1 fully saturated rings. The monoisotopic (exact) mass is 408 g/mol. The molecule has 0 radical (unpaired) electrons. The van der Waals surface area contributed by atoms with Crippen molar-refractivity contribution >= 4 is 28.4 Å². The normalized spacial score (nSPS) is 18.5. The number of ether oxygens (including phenoxy) is 1. The lowest BCUT2D eigenvalue weighted by Gasteiger charge is -2.25. The number of hydrogen-bond acceptors (Lipinski definition) is 4. The summed E-state index contributed by atoms with van der Waals surface area (Å²) in [6.07, 6.45) is 2.05. The van der Waals surface area contributed by atoms with Gasteiger partial charge in [0.25, 0.3) is 11.7 Å². The quantitative estimate of drug-likeness (QED) is 0.282. The van der Waals surface area contributed by atoms with E-state index in [0.717, 1.165) is 5.52 Å². The van der Waals surface area contributed by atoms with E-state index in [1.165, 1.54) is 23.1 Å². The lowest BCUT2D eigenvalue weighted by molar-refractivity contribution is -0.140. The van der Waals surface area contributed by atoms with Crippen LogP contribution in [0.3, 0.4) is 0 Å². The molecule has 1 amide bonds. The molecular formula is C23H21FN2O4. The van der Waals surface area contributed by atoms with Crippen LogP contribution in [0.5, 0.6) is 0 Å². The Hall–Kier alpha value is -3.45. The number of carbonyl (C=O) groups is 2. The minimum Gasteiger partial charge on any atom is -0.507 e. The van der Waals surface area contributed by atoms with Gasteiger partial charge in [-0.15, -0.1) is 0 Å². The van der Waals surface area contributed by atoms with Gasteiger partial charge in [-0.1, -0.05) is 36.4 Å². The first-order chi connectivity index (χ1) is 14.5. The third-order valence-electron chi connectivity index (χ3n) is 5.33. The average molecular weight is 408 g/mol. The molecule has 2 N–H and O–H groups in total. The van der Waals surface area contributed by atoms with E-state index in [4.69, 9.17) is 4.74 Å². The van der Waals surface area contributed by atoms with Crippen LogP contribution < -0.4 is 0 Å². The van der Waals surface area contributed by atoms with Crippen LogP contribution >= 0.6 is 0 Å². The number of fused-ring (bicyclic) bond motifs is 1. The van der Waals surface area contributed by atoms with Crippen LogP contribution in [0.25, 0.3) is 16.7 Å². The number of Topliss-reactive ketones (excluding diaryl/α,β-unsaturated/α-hetero) is 1. The van der Waals surface area contributed by atoms with Gasteiger partial charge in [-0.3, -0.25) is 9.59 Å². The molecule has 2 heterocycles. The van der Waals surface area contributed by atoms with E-state index in [1.54, 1.807) is 25.4 Å². The van der Waals surface area contributed by atoms with Crippen molar-refractivity contribution in [3.8, 4) is 0 Å². The number of carbonyl (C=O) groups excluding carboxylic acids is 2. The molecular weight excluding hydrogens is 387 g/mol. The lowest BCUT2D eigenvalue weighted by atomic mass is 9.94. The molecule has 1 saturated heterocycles. The van der Waals surface area contributed by atoms with Crippen LogP contribution in [-0.2, 0) is 14.3 Å². The Balaban J connectivity index is 1.89. The van der Waals surface area contributed by atoms with Crippen LogP contribution in [0.15, 0.2) is 60.3 Å². The number of amides is 1. The predicted octanol–water partition coefficient (Wildman–Crippen LogP) is 3.77. The van der Waals surface area contributed by atoms with Crippen molar-refractivity contribution in [3.05, 3.63) is 77.2 Å². The molecule has 30 heavy (non-hydrogen) atoms. The van der Waals surface area contributed by atoms with Gasteiger partial charge in [0.05, 0.1) is 11.6 Å². The maximum atomic E-state index is 14.7. The zero-order valence-corrected chi connectivity index (χ0v) is 16.4. The van der Waals surface area contributed by atoms with E-state index in [2.05, 4.69) is 4.98 Å². The highest BCUT2D eigenvalue weighted by molar-refractivity contribution is 6.46. The molecule has 3 aromatic rings. The number of methoxy groups -OCH3 is 1. The number of H-pyrrole nitrogens is 1. The molecule has 7 heteroatoms. The maximum Gasteiger partial charge on any atom is 0.295 e. The standard InChI is InChI=1S/C23H21FN2O4/c1-30-12-6-11-26-20(15-8-2-4-9-17(15)24)19(22(28)23(26)29)21(27)16-13-25-18-10-5-3-7-14(16)18/h2-5,7-10,13,20,25,27H,6,11-12H2,1H3/b21-19+. The van der Waals surface area contributed by atoms with Gasteiger partial charge in [0.2, 0.25) is 0 Å². The summed E-state index contributed by atoms with van der Waals surface area (Å²) in [6.45, 7) is 0.581. The van der Waals surface area contributed by atoms with E-state index in [0.29, 0.717) is 24.0 Å². The molecule has 0 bridgehead atoms. The molecule has 6 nitrogen and oxygen atoms in total. The zero-order chi connectivity index (χ0) is 21.3. The molecule has 1 unspecified atom stereocenters. The number of benzene rings is 2. The number of nitrogens with one attached hydrogen (secondary N) is 1. The maximum absolute atomic E-state index is 14.7. The minimum absolute atomic E-state index is 0.118. The number of likely N-dealkylation sites (tertiary alicyclic amines) is 1. The number of aromatic amines is 1. The molecule has 1 aromatic heterocycles. The number of nitrogens with zero attached hydrogens (tertiary/aromatic N) is 1. The number of aromatic nitrogens is 1. The van der Waals surface area contributed by atoms with Gasteiger partial charge < -0.3 is 19.7 Å². The summed E-state index contributed by atoms with van der Waals surface area (Å²) >= 11 is 0. The van der Waals surface area contributed by atoms with Crippen LogP contribution in [0.4, 0.5) is 4.39 Å². The first kappa shape index (κ1) is 19.8. The van der Waals surface area contributed by atoms with Gasteiger partial charge in [0.15, 0.2) is 0 Å². The Kier molecular flexibility index (Phi) is 5.37. The predicted molar refractivity (Wildman–Crippen MR) is 110 cm³/mol. The number of para-hydroxylation sites is 1. The number of aliphatic hydroxyl groups excluding tert-OH is 1. The summed E-state index contributed by atoms with van der Waals surface area (Å²) < 4.78 is 19.8. The Morgan fingerprint density at radius 3 is 2.67 bits per heavy atom. The highest BCUT2D eigenvalue weighted by Gasteiger charge is 2.46. The molecule has 4 rings (SSSR count). The van der Waals surface area contributed by atoms with Crippen molar-refractivity contribution in [2.24, 2.45) is 0 Å². The molecule has 0 spiro atoms. The van der Waals surface area contributed by atoms with Crippen molar-refractivity contribution in [1.29, 1.82) is 0 Å². The Bertz CT molecular complexity index is 1150. The van der Waals surface area contributed by atoms with Gasteiger partial charge in [0, 0.05) is 48.5 Å². The fraction of sp³-hybridized carbons (Fsp3) is 0.217. The molecule has 2 aromatic carbocycles. The largest absolute Gasteiger partial charge is 0.507 e. The number of aliphatic hydroxyl groups is 1. The second-order valence-corrected chi connectivity index (χ2v) is 7.11. The Morgan fingerprint density at radius 2 is 1.90 bits per heavy atom. The van der Waals surface area contributed by atoms with Crippen LogP contribution in [0.2, 0.25) is 0 Å². The van der Waals surface area contributed by atoms with Gasteiger partial charge in [-0.2, -0.15) is 0 Å². The molecule has 154 valence electrons. The van der Waals surface area contributed by atoms with Crippen molar-refractivity contribution in [1.82, 2.24) is 9.88 Å². The summed E-state index contributed by atoms with van der Waals surface area (Å²) in [5, 5.41) is 11.8. The Morgan fingerprint density at radius 1 is 1.17 bits per heavy atom. The molecule has 1 aliphatic rings. The SMILES string of the molecule is COCCCN1C(=O)C(=O)/C(=C(/O)c2c[nH]c3ccccc23)C1c1ccccc1F. The smallest absolute Gasteiger partial charge is 0.295 e. The van der Waals surface area contributed by atoms with E-state index in [-0.39, 0.29) is 23.4 Å². The van der Waals surface area contributed by atoms with Crippen molar-refractivity contribution in [3.63, 3.8) is 0 Å². The minimum atomic E-state index is -1.02. The van der Waals surface area contributed by atoms with E-state index < -0.39 is 23.5 Å². The first-order valence-electron chi connectivity index (χ1n) is 9.63. The topological polar surface area (TPSA) is 82.6 Å². The average Bonchev–Trinajstić information content (AvgIpc) is 3.29. The fourth-order valence-corrected chi connectivity index (χ4v) is 3.92. The van der Waals surface area contributed by atoms with E-state index in [9.17, 15) is 19.1 Å². The van der Waals surface area contributed by atoms with Gasteiger partial charge in [0.1, 0.15) is 11.6 Å². The summed E-state index contributed by atoms with van der Waals surface area (Å²) in [5.74, 6) is -2.47. The summed E-state index contributed by atoms with van der Waals surface area (Å²) in [6, 6.07) is 12.2. The third kappa shape index (κ3) is 3.27. The second-order valence-electron chi connectivity index (χ2n) is 7.11. The van der Waals surface area contributed by atoms with Crippen LogP contribution in [0, 0.1) is 5.82 Å². The van der Waals surface area contributed by atoms with Crippen molar-refractivity contribution in [2.75, 3.05) is 20.3 Å². The molecule has 0 aliphatic carbocycles. The van der Waals surface area contributed by atoms with Gasteiger partial charge in [-0.25, -0.2) is 4.39 Å².